The molecule has 2 aliphatic heterocycles. The third-order valence-electron chi connectivity index (χ3n) is 3.61. The first-order chi connectivity index (χ1) is 9.65. The van der Waals surface area contributed by atoms with Crippen LogP contribution in [-0.4, -0.2) is 42.6 Å². The fourth-order valence-electron chi connectivity index (χ4n) is 2.45. The van der Waals surface area contributed by atoms with E-state index in [1.54, 1.807) is 17.9 Å². The second-order valence-electron chi connectivity index (χ2n) is 4.92. The normalized spacial score (nSPS) is 20.8. The summed E-state index contributed by atoms with van der Waals surface area (Å²) in [6, 6.07) is 5.05. The fourth-order valence-corrected chi connectivity index (χ4v) is 2.45. The number of ether oxygens (including phenoxy) is 2. The Bertz CT molecular complexity index is 558. The maximum absolute atomic E-state index is 12.3. The summed E-state index contributed by atoms with van der Waals surface area (Å²) in [6.45, 7) is 3.02. The Kier molecular flexibility index (Phi) is 3.22. The Morgan fingerprint density at radius 3 is 3.05 bits per heavy atom. The molecule has 3 rings (SSSR count). The Morgan fingerprint density at radius 2 is 2.20 bits per heavy atom. The van der Waals surface area contributed by atoms with Crippen LogP contribution in [0.25, 0.3) is 0 Å². The third kappa shape index (κ3) is 2.29. The third-order valence-corrected chi connectivity index (χ3v) is 3.61. The number of carbonyl (C=O) groups excluding carboxylic acids is 2. The molecule has 1 atom stereocenters. The van der Waals surface area contributed by atoms with Gasteiger partial charge in [0.1, 0.15) is 6.04 Å². The van der Waals surface area contributed by atoms with Crippen molar-refractivity contribution < 1.29 is 19.1 Å². The highest BCUT2D eigenvalue weighted by molar-refractivity contribution is 5.89. The van der Waals surface area contributed by atoms with Gasteiger partial charge in [-0.2, -0.15) is 0 Å². The van der Waals surface area contributed by atoms with Crippen LogP contribution in [0.15, 0.2) is 18.2 Å². The van der Waals surface area contributed by atoms with Crippen molar-refractivity contribution >= 4 is 11.8 Å². The largest absolute Gasteiger partial charge is 0.454 e. The van der Waals surface area contributed by atoms with Gasteiger partial charge in [-0.05, 0) is 24.6 Å². The zero-order valence-electron chi connectivity index (χ0n) is 11.2. The van der Waals surface area contributed by atoms with E-state index in [4.69, 9.17) is 9.47 Å². The standard InChI is InChI=1S/C14H16N2O4/c1-9-14(18)15-4-5-16(9)13(17)7-10-2-3-11-12(6-10)20-8-19-11/h2-3,6,9H,4-5,7-8H2,1H3,(H,15,18)/t9-/m1/s1. The van der Waals surface area contributed by atoms with Crippen molar-refractivity contribution in [3.63, 3.8) is 0 Å². The topological polar surface area (TPSA) is 67.9 Å². The average Bonchev–Trinajstić information content (AvgIpc) is 2.89. The van der Waals surface area contributed by atoms with Gasteiger partial charge < -0.3 is 19.7 Å². The van der Waals surface area contributed by atoms with E-state index in [0.29, 0.717) is 24.6 Å². The van der Waals surface area contributed by atoms with Crippen LogP contribution in [0.1, 0.15) is 12.5 Å². The lowest BCUT2D eigenvalue weighted by Crippen LogP contribution is -2.56. The predicted octanol–water partition coefficient (Wildman–Crippen LogP) is 0.305. The first-order valence-electron chi connectivity index (χ1n) is 6.61. The van der Waals surface area contributed by atoms with Gasteiger partial charge in [-0.25, -0.2) is 0 Å². The van der Waals surface area contributed by atoms with Gasteiger partial charge in [-0.3, -0.25) is 9.59 Å². The molecule has 1 fully saturated rings. The van der Waals surface area contributed by atoms with E-state index in [2.05, 4.69) is 5.32 Å². The monoisotopic (exact) mass is 276 g/mol. The summed E-state index contributed by atoms with van der Waals surface area (Å²) < 4.78 is 10.5. The summed E-state index contributed by atoms with van der Waals surface area (Å²) in [7, 11) is 0. The van der Waals surface area contributed by atoms with Crippen molar-refractivity contribution in [2.24, 2.45) is 0 Å². The molecule has 1 saturated heterocycles. The predicted molar refractivity (Wildman–Crippen MR) is 70.5 cm³/mol. The lowest BCUT2D eigenvalue weighted by molar-refractivity contribution is -0.142. The van der Waals surface area contributed by atoms with Gasteiger partial charge >= 0.3 is 0 Å². The zero-order chi connectivity index (χ0) is 14.1. The number of carbonyl (C=O) groups is 2. The van der Waals surface area contributed by atoms with Crippen molar-refractivity contribution in [2.75, 3.05) is 19.9 Å². The summed E-state index contributed by atoms with van der Waals surface area (Å²) in [5.74, 6) is 1.22. The minimum Gasteiger partial charge on any atom is -0.454 e. The number of nitrogens with zero attached hydrogens (tertiary/aromatic N) is 1. The molecular formula is C14H16N2O4. The van der Waals surface area contributed by atoms with E-state index in [9.17, 15) is 9.59 Å². The molecule has 0 bridgehead atoms. The van der Waals surface area contributed by atoms with Crippen LogP contribution in [0.3, 0.4) is 0 Å². The molecule has 0 aromatic heterocycles. The molecule has 0 saturated carbocycles. The number of nitrogens with one attached hydrogen (secondary N) is 1. The van der Waals surface area contributed by atoms with Gasteiger partial charge in [0.05, 0.1) is 6.42 Å². The number of hydrogen-bond donors (Lipinski definition) is 1. The molecule has 0 radical (unpaired) electrons. The number of hydrogen-bond acceptors (Lipinski definition) is 4. The maximum atomic E-state index is 12.3. The molecule has 6 heteroatoms. The van der Waals surface area contributed by atoms with E-state index < -0.39 is 6.04 Å². The molecule has 2 heterocycles. The average molecular weight is 276 g/mol. The smallest absolute Gasteiger partial charge is 0.242 e. The van der Waals surface area contributed by atoms with Crippen LogP contribution in [0.2, 0.25) is 0 Å². The highest BCUT2D eigenvalue weighted by Crippen LogP contribution is 2.32. The molecule has 0 unspecified atom stereocenters. The van der Waals surface area contributed by atoms with Crippen molar-refractivity contribution in [1.82, 2.24) is 10.2 Å². The number of amides is 2. The van der Waals surface area contributed by atoms with Crippen molar-refractivity contribution in [3.8, 4) is 11.5 Å². The second kappa shape index (κ2) is 5.03. The first kappa shape index (κ1) is 12.8. The molecule has 0 aliphatic carbocycles. The van der Waals surface area contributed by atoms with E-state index in [1.807, 2.05) is 12.1 Å². The fraction of sp³-hybridized carbons (Fsp3) is 0.429. The Labute approximate surface area is 116 Å². The van der Waals surface area contributed by atoms with Gasteiger partial charge in [0.2, 0.25) is 18.6 Å². The number of benzene rings is 1. The first-order valence-corrected chi connectivity index (χ1v) is 6.61. The molecule has 6 nitrogen and oxygen atoms in total. The maximum Gasteiger partial charge on any atom is 0.242 e. The highest BCUT2D eigenvalue weighted by atomic mass is 16.7. The summed E-state index contributed by atoms with van der Waals surface area (Å²) in [5.41, 5.74) is 0.859. The number of fused-ring (bicyclic) bond motifs is 1. The highest BCUT2D eigenvalue weighted by Gasteiger charge is 2.29. The van der Waals surface area contributed by atoms with Crippen LogP contribution in [-0.2, 0) is 16.0 Å². The zero-order valence-corrected chi connectivity index (χ0v) is 11.2. The minimum atomic E-state index is -0.412. The molecule has 106 valence electrons. The lowest BCUT2D eigenvalue weighted by Gasteiger charge is -2.32. The molecular weight excluding hydrogens is 260 g/mol. The van der Waals surface area contributed by atoms with E-state index in [-0.39, 0.29) is 25.0 Å². The van der Waals surface area contributed by atoms with E-state index in [0.717, 1.165) is 5.56 Å². The summed E-state index contributed by atoms with van der Waals surface area (Å²) in [5, 5.41) is 2.75. The van der Waals surface area contributed by atoms with E-state index in [1.165, 1.54) is 0 Å². The Balaban J connectivity index is 1.71. The SMILES string of the molecule is C[C@@H]1C(=O)NCCN1C(=O)Cc1ccc2c(c1)OCO2. The Morgan fingerprint density at radius 1 is 1.40 bits per heavy atom. The molecule has 0 spiro atoms. The minimum absolute atomic E-state index is 0.0498. The van der Waals surface area contributed by atoms with Gasteiger partial charge in [0, 0.05) is 13.1 Å². The van der Waals surface area contributed by atoms with Crippen molar-refractivity contribution in [1.29, 1.82) is 0 Å². The summed E-state index contributed by atoms with van der Waals surface area (Å²) in [4.78, 5) is 25.5. The van der Waals surface area contributed by atoms with Crippen LogP contribution in [0.5, 0.6) is 11.5 Å². The number of piperazine rings is 1. The van der Waals surface area contributed by atoms with Crippen LogP contribution >= 0.6 is 0 Å². The van der Waals surface area contributed by atoms with Gasteiger partial charge in [-0.15, -0.1) is 0 Å². The summed E-state index contributed by atoms with van der Waals surface area (Å²) >= 11 is 0. The van der Waals surface area contributed by atoms with Gasteiger partial charge in [0.15, 0.2) is 11.5 Å². The van der Waals surface area contributed by atoms with Crippen LogP contribution < -0.4 is 14.8 Å². The quantitative estimate of drug-likeness (QED) is 0.844. The molecule has 1 aromatic carbocycles. The van der Waals surface area contributed by atoms with Gasteiger partial charge in [-0.1, -0.05) is 6.07 Å². The summed E-state index contributed by atoms with van der Waals surface area (Å²) in [6.07, 6.45) is 0.258. The number of rotatable bonds is 2. The molecule has 2 aliphatic rings. The van der Waals surface area contributed by atoms with Crippen molar-refractivity contribution in [2.45, 2.75) is 19.4 Å². The van der Waals surface area contributed by atoms with Gasteiger partial charge in [0.25, 0.3) is 0 Å². The lowest BCUT2D eigenvalue weighted by atomic mass is 10.1. The molecule has 20 heavy (non-hydrogen) atoms. The molecule has 1 N–H and O–H groups in total. The molecule has 1 aromatic rings. The molecule has 2 amide bonds. The second-order valence-corrected chi connectivity index (χ2v) is 4.92. The van der Waals surface area contributed by atoms with Crippen LogP contribution in [0.4, 0.5) is 0 Å². The van der Waals surface area contributed by atoms with Crippen LogP contribution in [0, 0.1) is 0 Å². The van der Waals surface area contributed by atoms with Crippen molar-refractivity contribution in [3.05, 3.63) is 23.8 Å². The Hall–Kier alpha value is -2.24. The van der Waals surface area contributed by atoms with E-state index >= 15 is 0 Å².